The van der Waals surface area contributed by atoms with Crippen LogP contribution in [0.3, 0.4) is 0 Å². The number of nitrogens with zero attached hydrogens (tertiary/aromatic N) is 1. The molecule has 2 amide bonds. The summed E-state index contributed by atoms with van der Waals surface area (Å²) in [5.41, 5.74) is 0. The molecule has 0 aliphatic carbocycles. The van der Waals surface area contributed by atoms with E-state index in [-0.39, 0.29) is 18.6 Å². The van der Waals surface area contributed by atoms with Crippen molar-refractivity contribution in [1.29, 1.82) is 0 Å². The van der Waals surface area contributed by atoms with Gasteiger partial charge in [-0.2, -0.15) is 0 Å². The lowest BCUT2D eigenvalue weighted by Crippen LogP contribution is -2.41. The Labute approximate surface area is 122 Å². The van der Waals surface area contributed by atoms with Gasteiger partial charge in [-0.1, -0.05) is 0 Å². The average molecular weight is 296 g/mol. The number of amides is 2. The van der Waals surface area contributed by atoms with Gasteiger partial charge >= 0.3 is 12.0 Å². The molecular weight excluding hydrogens is 276 g/mol. The van der Waals surface area contributed by atoms with Crippen molar-refractivity contribution in [3.63, 3.8) is 0 Å². The van der Waals surface area contributed by atoms with E-state index in [1.807, 2.05) is 0 Å². The lowest BCUT2D eigenvalue weighted by molar-refractivity contribution is -0.141. The van der Waals surface area contributed by atoms with Crippen LogP contribution >= 0.6 is 0 Å². The molecule has 0 radical (unpaired) electrons. The molecule has 2 N–H and O–H groups in total. The lowest BCUT2D eigenvalue weighted by atomic mass is 10.1. The number of ether oxygens (including phenoxy) is 1. The highest BCUT2D eigenvalue weighted by atomic mass is 16.5. The normalized spacial score (nSPS) is 19.5. The second-order valence-corrected chi connectivity index (χ2v) is 5.07. The number of hydrogen-bond acceptors (Lipinski definition) is 4. The largest absolute Gasteiger partial charge is 0.481 e. The first-order chi connectivity index (χ1) is 10.1. The Morgan fingerprint density at radius 1 is 1.62 bits per heavy atom. The summed E-state index contributed by atoms with van der Waals surface area (Å²) in [7, 11) is 1.60. The molecule has 2 unspecified atom stereocenters. The Morgan fingerprint density at radius 3 is 3.00 bits per heavy atom. The predicted octanol–water partition coefficient (Wildman–Crippen LogP) is 1.47. The van der Waals surface area contributed by atoms with Crippen molar-refractivity contribution in [2.24, 2.45) is 5.92 Å². The maximum atomic E-state index is 12.2. The standard InChI is InChI=1S/C14H20N2O5/c1-20-8-5-11(12-3-2-7-21-12)15-14(19)16-6-4-10(9-16)13(17)18/h2-3,7,10-11H,4-6,8-9H2,1H3,(H,15,19)(H,17,18). The Hall–Kier alpha value is -2.02. The van der Waals surface area contributed by atoms with Gasteiger partial charge in [-0.05, 0) is 25.0 Å². The number of urea groups is 1. The Balaban J connectivity index is 1.94. The van der Waals surface area contributed by atoms with Crippen LogP contribution < -0.4 is 5.32 Å². The molecule has 21 heavy (non-hydrogen) atoms. The maximum absolute atomic E-state index is 12.2. The second kappa shape index (κ2) is 7.12. The summed E-state index contributed by atoms with van der Waals surface area (Å²) >= 11 is 0. The maximum Gasteiger partial charge on any atom is 0.318 e. The van der Waals surface area contributed by atoms with Crippen molar-refractivity contribution >= 4 is 12.0 Å². The lowest BCUT2D eigenvalue weighted by Gasteiger charge is -2.22. The molecule has 7 nitrogen and oxygen atoms in total. The summed E-state index contributed by atoms with van der Waals surface area (Å²) in [6.07, 6.45) is 2.63. The first kappa shape index (κ1) is 15.4. The van der Waals surface area contributed by atoms with E-state index in [2.05, 4.69) is 5.32 Å². The van der Waals surface area contributed by atoms with Gasteiger partial charge in [0.15, 0.2) is 0 Å². The third-order valence-electron chi connectivity index (χ3n) is 3.62. The van der Waals surface area contributed by atoms with Gasteiger partial charge in [0.25, 0.3) is 0 Å². The van der Waals surface area contributed by atoms with Gasteiger partial charge in [0, 0.05) is 26.8 Å². The molecule has 1 aromatic heterocycles. The summed E-state index contributed by atoms with van der Waals surface area (Å²) in [6.45, 7) is 1.19. The van der Waals surface area contributed by atoms with Crippen LogP contribution in [0.4, 0.5) is 4.79 Å². The van der Waals surface area contributed by atoms with Gasteiger partial charge in [-0.25, -0.2) is 4.79 Å². The van der Waals surface area contributed by atoms with Crippen molar-refractivity contribution in [2.75, 3.05) is 26.8 Å². The van der Waals surface area contributed by atoms with Crippen molar-refractivity contribution in [2.45, 2.75) is 18.9 Å². The molecule has 0 aromatic carbocycles. The predicted molar refractivity (Wildman–Crippen MR) is 73.8 cm³/mol. The Bertz CT molecular complexity index is 474. The molecule has 2 rings (SSSR count). The van der Waals surface area contributed by atoms with Gasteiger partial charge in [-0.3, -0.25) is 4.79 Å². The summed E-state index contributed by atoms with van der Waals surface area (Å²) in [4.78, 5) is 24.7. The fourth-order valence-corrected chi connectivity index (χ4v) is 2.40. The minimum atomic E-state index is -0.854. The fourth-order valence-electron chi connectivity index (χ4n) is 2.40. The molecule has 2 heterocycles. The van der Waals surface area contributed by atoms with E-state index in [4.69, 9.17) is 14.3 Å². The molecule has 1 aliphatic rings. The quantitative estimate of drug-likeness (QED) is 0.829. The molecule has 1 aromatic rings. The van der Waals surface area contributed by atoms with Crippen LogP contribution in [-0.4, -0.2) is 48.8 Å². The number of carbonyl (C=O) groups is 2. The first-order valence-corrected chi connectivity index (χ1v) is 6.92. The van der Waals surface area contributed by atoms with E-state index >= 15 is 0 Å². The summed E-state index contributed by atoms with van der Waals surface area (Å²) in [5.74, 6) is -0.668. The van der Waals surface area contributed by atoms with E-state index in [1.54, 1.807) is 25.5 Å². The molecule has 1 fully saturated rings. The van der Waals surface area contributed by atoms with E-state index < -0.39 is 11.9 Å². The zero-order valence-electron chi connectivity index (χ0n) is 11.9. The molecule has 0 bridgehead atoms. The fraction of sp³-hybridized carbons (Fsp3) is 0.571. The molecular formula is C14H20N2O5. The first-order valence-electron chi connectivity index (χ1n) is 6.92. The Morgan fingerprint density at radius 2 is 2.43 bits per heavy atom. The highest BCUT2D eigenvalue weighted by molar-refractivity contribution is 5.77. The number of rotatable bonds is 6. The van der Waals surface area contributed by atoms with Gasteiger partial charge in [0.05, 0.1) is 18.2 Å². The minimum Gasteiger partial charge on any atom is -0.481 e. The molecule has 0 saturated carbocycles. The van der Waals surface area contributed by atoms with Crippen LogP contribution in [0, 0.1) is 5.92 Å². The number of carboxylic acids is 1. The highest BCUT2D eigenvalue weighted by Crippen LogP contribution is 2.20. The van der Waals surface area contributed by atoms with Crippen LogP contribution in [0.25, 0.3) is 0 Å². The number of methoxy groups -OCH3 is 1. The zero-order chi connectivity index (χ0) is 15.2. The molecule has 0 spiro atoms. The summed E-state index contributed by atoms with van der Waals surface area (Å²) in [5, 5.41) is 11.8. The van der Waals surface area contributed by atoms with Crippen LogP contribution in [0.15, 0.2) is 22.8 Å². The van der Waals surface area contributed by atoms with Crippen LogP contribution in [0.5, 0.6) is 0 Å². The summed E-state index contributed by atoms with van der Waals surface area (Å²) < 4.78 is 10.4. The Kier molecular flexibility index (Phi) is 5.21. The number of likely N-dealkylation sites (tertiary alicyclic amines) is 1. The molecule has 2 atom stereocenters. The van der Waals surface area contributed by atoms with Crippen LogP contribution in [-0.2, 0) is 9.53 Å². The van der Waals surface area contributed by atoms with Crippen molar-refractivity contribution in [3.05, 3.63) is 24.2 Å². The van der Waals surface area contributed by atoms with Crippen molar-refractivity contribution < 1.29 is 23.8 Å². The SMILES string of the molecule is COCCC(NC(=O)N1CCC(C(=O)O)C1)c1ccco1. The van der Waals surface area contributed by atoms with Crippen LogP contribution in [0.2, 0.25) is 0 Å². The molecule has 116 valence electrons. The topological polar surface area (TPSA) is 92.0 Å². The average Bonchev–Trinajstić information content (AvgIpc) is 3.13. The molecule has 7 heteroatoms. The number of hydrogen-bond donors (Lipinski definition) is 2. The number of nitrogens with one attached hydrogen (secondary N) is 1. The number of furan rings is 1. The smallest absolute Gasteiger partial charge is 0.318 e. The van der Waals surface area contributed by atoms with Crippen LogP contribution in [0.1, 0.15) is 24.6 Å². The van der Waals surface area contributed by atoms with Crippen molar-refractivity contribution in [1.82, 2.24) is 10.2 Å². The van der Waals surface area contributed by atoms with E-state index in [1.165, 1.54) is 4.90 Å². The summed E-state index contributed by atoms with van der Waals surface area (Å²) in [6, 6.07) is 3.01. The number of aliphatic carboxylic acids is 1. The van der Waals surface area contributed by atoms with Gasteiger partial charge in [0.1, 0.15) is 5.76 Å². The van der Waals surface area contributed by atoms with E-state index in [0.717, 1.165) is 0 Å². The van der Waals surface area contributed by atoms with Gasteiger partial charge in [0.2, 0.25) is 0 Å². The van der Waals surface area contributed by atoms with Gasteiger partial charge < -0.3 is 24.5 Å². The third-order valence-corrected chi connectivity index (χ3v) is 3.62. The van der Waals surface area contributed by atoms with E-state index in [0.29, 0.717) is 31.8 Å². The monoisotopic (exact) mass is 296 g/mol. The number of carbonyl (C=O) groups excluding carboxylic acids is 1. The number of carboxylic acid groups (broad SMARTS) is 1. The van der Waals surface area contributed by atoms with Crippen molar-refractivity contribution in [3.8, 4) is 0 Å². The van der Waals surface area contributed by atoms with E-state index in [9.17, 15) is 9.59 Å². The zero-order valence-corrected chi connectivity index (χ0v) is 11.9. The molecule has 1 aliphatic heterocycles. The van der Waals surface area contributed by atoms with Gasteiger partial charge in [-0.15, -0.1) is 0 Å². The highest BCUT2D eigenvalue weighted by Gasteiger charge is 2.32. The second-order valence-electron chi connectivity index (χ2n) is 5.07. The minimum absolute atomic E-state index is 0.246. The third kappa shape index (κ3) is 3.98. The molecule has 1 saturated heterocycles.